The summed E-state index contributed by atoms with van der Waals surface area (Å²) in [5.41, 5.74) is 5.23. The molecule has 0 N–H and O–H groups in total. The molecule has 4 aromatic rings. The van der Waals surface area contributed by atoms with E-state index < -0.39 is 0 Å². The van der Waals surface area contributed by atoms with Gasteiger partial charge >= 0.3 is 0 Å². The van der Waals surface area contributed by atoms with Gasteiger partial charge in [0.05, 0.1) is 17.2 Å². The van der Waals surface area contributed by atoms with Gasteiger partial charge in [-0.1, -0.05) is 24.3 Å². The van der Waals surface area contributed by atoms with Gasteiger partial charge in [-0.3, -0.25) is 9.69 Å². The Morgan fingerprint density at radius 1 is 0.824 bits per heavy atom. The fourth-order valence-corrected chi connectivity index (χ4v) is 4.78. The van der Waals surface area contributed by atoms with Crippen molar-refractivity contribution in [2.24, 2.45) is 7.05 Å². The molecule has 1 aliphatic heterocycles. The Kier molecular flexibility index (Phi) is 5.87. The van der Waals surface area contributed by atoms with Crippen molar-refractivity contribution in [2.75, 3.05) is 31.1 Å². The lowest BCUT2D eigenvalue weighted by atomic mass is 9.96. The Balaban J connectivity index is 1.46. The average molecular weight is 461 g/mol. The first-order valence-electron chi connectivity index (χ1n) is 11.4. The van der Waals surface area contributed by atoms with Crippen molar-refractivity contribution in [3.8, 4) is 0 Å². The maximum absolute atomic E-state index is 13.6. The van der Waals surface area contributed by atoms with Crippen LogP contribution in [0.3, 0.4) is 0 Å². The van der Waals surface area contributed by atoms with Crippen LogP contribution in [0.5, 0.6) is 0 Å². The molecule has 0 saturated carbocycles. The predicted molar refractivity (Wildman–Crippen MR) is 130 cm³/mol. The Bertz CT molecular complexity index is 1330. The second-order valence-electron chi connectivity index (χ2n) is 8.78. The highest BCUT2D eigenvalue weighted by Crippen LogP contribution is 2.32. The van der Waals surface area contributed by atoms with Gasteiger partial charge in [0.2, 0.25) is 0 Å². The minimum Gasteiger partial charge on any atom is -0.367 e. The van der Waals surface area contributed by atoms with Crippen LogP contribution in [0, 0.1) is 18.6 Å². The van der Waals surface area contributed by atoms with Gasteiger partial charge in [-0.2, -0.15) is 0 Å². The summed E-state index contributed by atoms with van der Waals surface area (Å²) in [6.07, 6.45) is 0. The average Bonchev–Trinajstić information content (AvgIpc) is 2.84. The minimum atomic E-state index is -0.285. The van der Waals surface area contributed by atoms with E-state index in [4.69, 9.17) is 4.98 Å². The van der Waals surface area contributed by atoms with Crippen molar-refractivity contribution in [1.82, 2.24) is 14.5 Å². The molecule has 0 unspecified atom stereocenters. The molecule has 0 spiro atoms. The number of pyridine rings is 2. The van der Waals surface area contributed by atoms with E-state index in [1.165, 1.54) is 24.3 Å². The van der Waals surface area contributed by atoms with E-state index in [1.807, 2.05) is 19.1 Å². The Morgan fingerprint density at radius 2 is 1.38 bits per heavy atom. The Labute approximate surface area is 196 Å². The monoisotopic (exact) mass is 460 g/mol. The van der Waals surface area contributed by atoms with E-state index in [9.17, 15) is 13.6 Å². The van der Waals surface area contributed by atoms with Crippen molar-refractivity contribution in [1.29, 1.82) is 0 Å². The lowest BCUT2D eigenvalue weighted by Crippen LogP contribution is -2.48. The molecule has 5 rings (SSSR count). The predicted octanol–water partition coefficient (Wildman–Crippen LogP) is 4.43. The van der Waals surface area contributed by atoms with Crippen LogP contribution in [0.15, 0.2) is 71.5 Å². The zero-order valence-corrected chi connectivity index (χ0v) is 19.2. The highest BCUT2D eigenvalue weighted by Gasteiger charge is 2.28. The smallest absolute Gasteiger partial charge is 0.252 e. The van der Waals surface area contributed by atoms with Gasteiger partial charge in [0.25, 0.3) is 5.56 Å². The molecule has 1 aliphatic rings. The quantitative estimate of drug-likeness (QED) is 0.452. The molecule has 1 saturated heterocycles. The molecule has 0 atom stereocenters. The maximum Gasteiger partial charge on any atom is 0.252 e. The molecular formula is C27H26F2N4O. The lowest BCUT2D eigenvalue weighted by Gasteiger charge is -2.40. The van der Waals surface area contributed by atoms with Gasteiger partial charge in [0.15, 0.2) is 0 Å². The summed E-state index contributed by atoms with van der Waals surface area (Å²) in [6.45, 7) is 4.81. The van der Waals surface area contributed by atoms with Crippen LogP contribution in [0.4, 0.5) is 14.5 Å². The van der Waals surface area contributed by atoms with Gasteiger partial charge in [-0.25, -0.2) is 13.8 Å². The summed E-state index contributed by atoms with van der Waals surface area (Å²) in [5, 5.41) is 0. The molecule has 0 bridgehead atoms. The molecule has 0 amide bonds. The zero-order valence-electron chi connectivity index (χ0n) is 19.2. The van der Waals surface area contributed by atoms with Crippen LogP contribution in [0.1, 0.15) is 22.9 Å². The fraction of sp³-hybridized carbons (Fsp3) is 0.259. The molecule has 5 nitrogen and oxygen atoms in total. The number of aromatic nitrogens is 2. The van der Waals surface area contributed by atoms with Crippen molar-refractivity contribution >= 4 is 16.7 Å². The van der Waals surface area contributed by atoms with Crippen molar-refractivity contribution < 1.29 is 8.78 Å². The molecule has 0 aliphatic carbocycles. The van der Waals surface area contributed by atoms with Gasteiger partial charge < -0.3 is 9.47 Å². The molecule has 174 valence electrons. The number of hydrogen-bond donors (Lipinski definition) is 0. The first-order valence-corrected chi connectivity index (χ1v) is 11.4. The lowest BCUT2D eigenvalue weighted by molar-refractivity contribution is 0.212. The van der Waals surface area contributed by atoms with E-state index in [-0.39, 0.29) is 23.2 Å². The van der Waals surface area contributed by atoms with Gasteiger partial charge in [-0.05, 0) is 54.4 Å². The summed E-state index contributed by atoms with van der Waals surface area (Å²) in [7, 11) is 1.76. The summed E-state index contributed by atoms with van der Waals surface area (Å²) in [6, 6.07) is 18.4. The first-order chi connectivity index (χ1) is 16.4. The standard InChI is InChI=1S/C27H26F2N4O/c1-18-3-12-23-26(30-18)24(17-25(34)31(23)2)32-13-15-33(16-14-32)27(19-4-8-21(28)9-5-19)20-6-10-22(29)11-7-20/h3-12,17,27H,13-16H2,1-2H3. The van der Waals surface area contributed by atoms with Crippen molar-refractivity contribution in [3.63, 3.8) is 0 Å². The van der Waals surface area contributed by atoms with Crippen LogP contribution in [0.2, 0.25) is 0 Å². The summed E-state index contributed by atoms with van der Waals surface area (Å²) >= 11 is 0. The number of anilines is 1. The number of hydrogen-bond acceptors (Lipinski definition) is 4. The van der Waals surface area contributed by atoms with Gasteiger partial charge in [0, 0.05) is 45.0 Å². The van der Waals surface area contributed by atoms with Crippen molar-refractivity contribution in [2.45, 2.75) is 13.0 Å². The molecule has 0 radical (unpaired) electrons. The number of nitrogens with zero attached hydrogens (tertiary/aromatic N) is 4. The molecule has 34 heavy (non-hydrogen) atoms. The highest BCUT2D eigenvalue weighted by atomic mass is 19.1. The third kappa shape index (κ3) is 4.19. The highest BCUT2D eigenvalue weighted by molar-refractivity contribution is 5.88. The third-order valence-corrected chi connectivity index (χ3v) is 6.60. The fourth-order valence-electron chi connectivity index (χ4n) is 4.78. The van der Waals surface area contributed by atoms with E-state index in [0.717, 1.165) is 46.6 Å². The number of fused-ring (bicyclic) bond motifs is 1. The molecular weight excluding hydrogens is 434 g/mol. The SMILES string of the molecule is Cc1ccc2c(n1)c(N1CCN(C(c3ccc(F)cc3)c3ccc(F)cc3)CC1)cc(=O)n2C. The van der Waals surface area contributed by atoms with Crippen LogP contribution in [0.25, 0.3) is 11.0 Å². The number of piperazine rings is 1. The Hall–Kier alpha value is -3.58. The molecule has 3 heterocycles. The molecule has 2 aromatic carbocycles. The van der Waals surface area contributed by atoms with Crippen molar-refractivity contribution in [3.05, 3.63) is 106 Å². The number of aryl methyl sites for hydroxylation is 2. The first kappa shape index (κ1) is 22.2. The third-order valence-electron chi connectivity index (χ3n) is 6.60. The summed E-state index contributed by atoms with van der Waals surface area (Å²) in [5.74, 6) is -0.571. The summed E-state index contributed by atoms with van der Waals surface area (Å²) in [4.78, 5) is 21.9. The largest absolute Gasteiger partial charge is 0.367 e. The Morgan fingerprint density at radius 3 is 1.94 bits per heavy atom. The second-order valence-corrected chi connectivity index (χ2v) is 8.78. The normalized spacial score (nSPS) is 14.8. The minimum absolute atomic E-state index is 0.0638. The molecule has 2 aromatic heterocycles. The van der Waals surface area contributed by atoms with E-state index >= 15 is 0 Å². The maximum atomic E-state index is 13.6. The topological polar surface area (TPSA) is 41.4 Å². The molecule has 7 heteroatoms. The van der Waals surface area contributed by atoms with Crippen LogP contribution < -0.4 is 10.5 Å². The van der Waals surface area contributed by atoms with Gasteiger partial charge in [-0.15, -0.1) is 0 Å². The van der Waals surface area contributed by atoms with E-state index in [1.54, 1.807) is 41.9 Å². The number of benzene rings is 2. The number of halogens is 2. The van der Waals surface area contributed by atoms with Crippen LogP contribution in [-0.4, -0.2) is 40.6 Å². The molecule has 1 fully saturated rings. The zero-order chi connectivity index (χ0) is 23.8. The summed E-state index contributed by atoms with van der Waals surface area (Å²) < 4.78 is 28.8. The van der Waals surface area contributed by atoms with Gasteiger partial charge in [0.1, 0.15) is 17.2 Å². The number of rotatable bonds is 4. The van der Waals surface area contributed by atoms with E-state index in [2.05, 4.69) is 9.80 Å². The van der Waals surface area contributed by atoms with Crippen LogP contribution in [-0.2, 0) is 7.05 Å². The second kappa shape index (κ2) is 8.99. The van der Waals surface area contributed by atoms with E-state index in [0.29, 0.717) is 13.1 Å². The van der Waals surface area contributed by atoms with Crippen LogP contribution >= 0.6 is 0 Å².